The Morgan fingerprint density at radius 1 is 1.03 bits per heavy atom. The predicted molar refractivity (Wildman–Crippen MR) is 114 cm³/mol. The molecule has 7 nitrogen and oxygen atoms in total. The SMILES string of the molecule is C[NH+](CC(=O)Nc1ccccc1Cl)CC(=O)N1CCN(c2ccc(O)cc2)CC1. The lowest BCUT2D eigenvalue weighted by Crippen LogP contribution is -3.11. The number of likely N-dealkylation sites (N-methyl/N-ethyl adjacent to an activating group) is 1. The molecular weight excluding hydrogens is 392 g/mol. The molecule has 2 aromatic carbocycles. The summed E-state index contributed by atoms with van der Waals surface area (Å²) in [7, 11) is 1.83. The van der Waals surface area contributed by atoms with Crippen LogP contribution in [0.3, 0.4) is 0 Å². The lowest BCUT2D eigenvalue weighted by atomic mass is 10.2. The summed E-state index contributed by atoms with van der Waals surface area (Å²) >= 11 is 6.06. The fourth-order valence-electron chi connectivity index (χ4n) is 3.34. The van der Waals surface area contributed by atoms with Crippen LogP contribution in [-0.2, 0) is 9.59 Å². The van der Waals surface area contributed by atoms with Crippen molar-refractivity contribution >= 4 is 34.8 Å². The third-order valence-electron chi connectivity index (χ3n) is 4.91. The molecule has 0 bridgehead atoms. The molecule has 29 heavy (non-hydrogen) atoms. The van der Waals surface area contributed by atoms with Crippen molar-refractivity contribution in [2.75, 3.05) is 56.5 Å². The molecule has 3 rings (SSSR count). The Bertz CT molecular complexity index is 851. The number of phenols is 1. The number of carbonyl (C=O) groups is 2. The van der Waals surface area contributed by atoms with Gasteiger partial charge in [-0.2, -0.15) is 0 Å². The lowest BCUT2D eigenvalue weighted by Gasteiger charge is -2.36. The van der Waals surface area contributed by atoms with Gasteiger partial charge in [0.2, 0.25) is 0 Å². The Hall–Kier alpha value is -2.77. The van der Waals surface area contributed by atoms with Crippen LogP contribution in [0.4, 0.5) is 11.4 Å². The normalized spacial score (nSPS) is 15.1. The number of amides is 2. The monoisotopic (exact) mass is 417 g/mol. The molecule has 1 unspecified atom stereocenters. The topological polar surface area (TPSA) is 77.3 Å². The van der Waals surface area contributed by atoms with Gasteiger partial charge in [-0.1, -0.05) is 23.7 Å². The standard InChI is InChI=1S/C21H25ClN4O3/c1-24(14-20(28)23-19-5-3-2-4-18(19)22)15-21(29)26-12-10-25(11-13-26)16-6-8-17(27)9-7-16/h2-9,27H,10-15H2,1H3,(H,23,28)/p+1. The zero-order chi connectivity index (χ0) is 20.8. The molecule has 1 atom stereocenters. The van der Waals surface area contributed by atoms with E-state index in [0.717, 1.165) is 23.7 Å². The highest BCUT2D eigenvalue weighted by Gasteiger charge is 2.24. The zero-order valence-electron chi connectivity index (χ0n) is 16.4. The van der Waals surface area contributed by atoms with Gasteiger partial charge in [0.05, 0.1) is 17.8 Å². The Morgan fingerprint density at radius 3 is 2.34 bits per heavy atom. The van der Waals surface area contributed by atoms with Crippen LogP contribution in [0.25, 0.3) is 0 Å². The summed E-state index contributed by atoms with van der Waals surface area (Å²) in [6.07, 6.45) is 0. The maximum absolute atomic E-state index is 12.6. The molecule has 1 saturated heterocycles. The average molecular weight is 418 g/mol. The van der Waals surface area contributed by atoms with Crippen molar-refractivity contribution in [2.45, 2.75) is 0 Å². The van der Waals surface area contributed by atoms with E-state index in [1.807, 2.05) is 24.1 Å². The number of para-hydroxylation sites is 1. The quantitative estimate of drug-likeness (QED) is 0.651. The molecule has 2 amide bonds. The lowest BCUT2D eigenvalue weighted by molar-refractivity contribution is -0.862. The van der Waals surface area contributed by atoms with E-state index in [4.69, 9.17) is 11.6 Å². The summed E-state index contributed by atoms with van der Waals surface area (Å²) in [6.45, 7) is 3.20. The van der Waals surface area contributed by atoms with E-state index in [9.17, 15) is 14.7 Å². The van der Waals surface area contributed by atoms with E-state index >= 15 is 0 Å². The molecular formula is C21H26ClN4O3+. The number of nitrogens with one attached hydrogen (secondary N) is 2. The Labute approximate surface area is 175 Å². The van der Waals surface area contributed by atoms with Gasteiger partial charge in [0.1, 0.15) is 5.75 Å². The number of piperazine rings is 1. The maximum atomic E-state index is 12.6. The number of benzene rings is 2. The number of aromatic hydroxyl groups is 1. The van der Waals surface area contributed by atoms with E-state index in [1.165, 1.54) is 0 Å². The van der Waals surface area contributed by atoms with E-state index in [2.05, 4.69) is 10.2 Å². The number of carbonyl (C=O) groups excluding carboxylic acids is 2. The summed E-state index contributed by atoms with van der Waals surface area (Å²) in [6, 6.07) is 14.2. The third-order valence-corrected chi connectivity index (χ3v) is 5.24. The van der Waals surface area contributed by atoms with Crippen molar-refractivity contribution < 1.29 is 19.6 Å². The van der Waals surface area contributed by atoms with Crippen LogP contribution in [0.1, 0.15) is 0 Å². The van der Waals surface area contributed by atoms with Crippen LogP contribution in [-0.4, -0.2) is 68.1 Å². The number of halogens is 1. The summed E-state index contributed by atoms with van der Waals surface area (Å²) in [5.41, 5.74) is 1.61. The maximum Gasteiger partial charge on any atom is 0.279 e. The van der Waals surface area contributed by atoms with Gasteiger partial charge in [0.15, 0.2) is 13.1 Å². The molecule has 1 fully saturated rings. The minimum absolute atomic E-state index is 0.0402. The number of nitrogens with zero attached hydrogens (tertiary/aromatic N) is 2. The number of rotatable bonds is 6. The van der Waals surface area contributed by atoms with Gasteiger partial charge in [0.25, 0.3) is 11.8 Å². The highest BCUT2D eigenvalue weighted by molar-refractivity contribution is 6.33. The Balaban J connectivity index is 1.43. The molecule has 0 saturated carbocycles. The van der Waals surface area contributed by atoms with Gasteiger partial charge in [-0.05, 0) is 36.4 Å². The Kier molecular flexibility index (Phi) is 6.95. The Morgan fingerprint density at radius 2 is 1.69 bits per heavy atom. The second-order valence-corrected chi connectivity index (χ2v) is 7.63. The molecule has 2 aromatic rings. The molecule has 1 aliphatic rings. The summed E-state index contributed by atoms with van der Waals surface area (Å²) in [5, 5.41) is 12.7. The minimum atomic E-state index is -0.180. The van der Waals surface area contributed by atoms with E-state index in [-0.39, 0.29) is 30.7 Å². The second-order valence-electron chi connectivity index (χ2n) is 7.22. The van der Waals surface area contributed by atoms with Crippen molar-refractivity contribution in [3.8, 4) is 5.75 Å². The van der Waals surface area contributed by atoms with Crippen LogP contribution >= 0.6 is 11.6 Å². The first kappa shape index (κ1) is 21.0. The van der Waals surface area contributed by atoms with Crippen molar-refractivity contribution in [2.24, 2.45) is 0 Å². The summed E-state index contributed by atoms with van der Waals surface area (Å²) in [4.78, 5) is 29.7. The second kappa shape index (κ2) is 9.62. The zero-order valence-corrected chi connectivity index (χ0v) is 17.2. The molecule has 1 heterocycles. The molecule has 0 aliphatic carbocycles. The van der Waals surface area contributed by atoms with Gasteiger partial charge in [-0.3, -0.25) is 9.59 Å². The van der Waals surface area contributed by atoms with Crippen LogP contribution in [0.2, 0.25) is 5.02 Å². The fourth-order valence-corrected chi connectivity index (χ4v) is 3.52. The highest BCUT2D eigenvalue weighted by Crippen LogP contribution is 2.20. The van der Waals surface area contributed by atoms with E-state index in [0.29, 0.717) is 23.8 Å². The van der Waals surface area contributed by atoms with E-state index < -0.39 is 0 Å². The molecule has 0 radical (unpaired) electrons. The third kappa shape index (κ3) is 5.85. The van der Waals surface area contributed by atoms with Gasteiger partial charge < -0.3 is 25.1 Å². The molecule has 3 N–H and O–H groups in total. The molecule has 0 spiro atoms. The number of phenolic OH excluding ortho intramolecular Hbond substituents is 1. The van der Waals surface area contributed by atoms with Crippen molar-refractivity contribution in [1.29, 1.82) is 0 Å². The van der Waals surface area contributed by atoms with Crippen molar-refractivity contribution in [3.63, 3.8) is 0 Å². The summed E-state index contributed by atoms with van der Waals surface area (Å²) in [5.74, 6) is 0.103. The number of hydrogen-bond acceptors (Lipinski definition) is 4. The first-order chi connectivity index (χ1) is 13.9. The fraction of sp³-hybridized carbons (Fsp3) is 0.333. The first-order valence-corrected chi connectivity index (χ1v) is 9.97. The van der Waals surface area contributed by atoms with Crippen LogP contribution < -0.4 is 15.1 Å². The molecule has 154 valence electrons. The van der Waals surface area contributed by atoms with Crippen molar-refractivity contribution in [1.82, 2.24) is 4.90 Å². The average Bonchev–Trinajstić information content (AvgIpc) is 2.70. The minimum Gasteiger partial charge on any atom is -0.508 e. The van der Waals surface area contributed by atoms with Crippen LogP contribution in [0.15, 0.2) is 48.5 Å². The van der Waals surface area contributed by atoms with Gasteiger partial charge in [-0.25, -0.2) is 0 Å². The smallest absolute Gasteiger partial charge is 0.279 e. The molecule has 1 aliphatic heterocycles. The molecule has 0 aromatic heterocycles. The molecule has 8 heteroatoms. The number of hydrogen-bond donors (Lipinski definition) is 3. The van der Waals surface area contributed by atoms with Crippen molar-refractivity contribution in [3.05, 3.63) is 53.6 Å². The van der Waals surface area contributed by atoms with Crippen LogP contribution in [0.5, 0.6) is 5.75 Å². The van der Waals surface area contributed by atoms with E-state index in [1.54, 1.807) is 36.4 Å². The van der Waals surface area contributed by atoms with Gasteiger partial charge >= 0.3 is 0 Å². The summed E-state index contributed by atoms with van der Waals surface area (Å²) < 4.78 is 0. The van der Waals surface area contributed by atoms with Crippen LogP contribution in [0, 0.1) is 0 Å². The largest absolute Gasteiger partial charge is 0.508 e. The number of quaternary nitrogens is 1. The van der Waals surface area contributed by atoms with Gasteiger partial charge in [0, 0.05) is 31.9 Å². The first-order valence-electron chi connectivity index (χ1n) is 9.60. The highest BCUT2D eigenvalue weighted by atomic mass is 35.5. The predicted octanol–water partition coefficient (Wildman–Crippen LogP) is 0.848. The number of anilines is 2. The van der Waals surface area contributed by atoms with Gasteiger partial charge in [-0.15, -0.1) is 0 Å².